The van der Waals surface area contributed by atoms with Crippen LogP contribution in [0, 0.1) is 0 Å². The summed E-state index contributed by atoms with van der Waals surface area (Å²) < 4.78 is 11.5. The van der Waals surface area contributed by atoms with E-state index in [1.54, 1.807) is 20.4 Å². The molecule has 0 saturated carbocycles. The number of nitrogens with one attached hydrogen (secondary N) is 1. The smallest absolute Gasteiger partial charge is 0.160 e. The molecule has 0 spiro atoms. The summed E-state index contributed by atoms with van der Waals surface area (Å²) in [6, 6.07) is 9.87. The van der Waals surface area contributed by atoms with Gasteiger partial charge in [0.1, 0.15) is 5.82 Å². The van der Waals surface area contributed by atoms with Gasteiger partial charge in [-0.3, -0.25) is 0 Å². The maximum atomic E-state index is 5.29. The fourth-order valence-electron chi connectivity index (χ4n) is 1.85. The molecule has 0 atom stereocenters. The lowest BCUT2D eigenvalue weighted by atomic mass is 10.1. The van der Waals surface area contributed by atoms with Crippen molar-refractivity contribution in [2.75, 3.05) is 26.1 Å². The molecule has 0 aliphatic rings. The number of ether oxygens (including phenoxy) is 2. The molecule has 1 aromatic carbocycles. The second kappa shape index (κ2) is 7.14. The Labute approximate surface area is 127 Å². The highest BCUT2D eigenvalue weighted by molar-refractivity contribution is 9.10. The van der Waals surface area contributed by atoms with E-state index < -0.39 is 0 Å². The van der Waals surface area contributed by atoms with Gasteiger partial charge < -0.3 is 14.8 Å². The Morgan fingerprint density at radius 2 is 1.90 bits per heavy atom. The number of nitrogens with zero attached hydrogens (tertiary/aromatic N) is 1. The molecule has 5 heteroatoms. The molecule has 0 radical (unpaired) electrons. The van der Waals surface area contributed by atoms with Crippen molar-refractivity contribution >= 4 is 21.7 Å². The van der Waals surface area contributed by atoms with Gasteiger partial charge in [0.25, 0.3) is 0 Å². The van der Waals surface area contributed by atoms with Crippen LogP contribution in [-0.4, -0.2) is 25.7 Å². The number of anilines is 1. The molecule has 106 valence electrons. The first-order chi connectivity index (χ1) is 9.72. The van der Waals surface area contributed by atoms with Crippen LogP contribution in [0.4, 0.5) is 5.82 Å². The first-order valence-corrected chi connectivity index (χ1v) is 7.08. The van der Waals surface area contributed by atoms with Crippen molar-refractivity contribution in [2.45, 2.75) is 6.42 Å². The van der Waals surface area contributed by atoms with Crippen LogP contribution >= 0.6 is 15.9 Å². The number of aromatic nitrogens is 1. The number of hydrogen-bond donors (Lipinski definition) is 1. The van der Waals surface area contributed by atoms with Gasteiger partial charge in [0.2, 0.25) is 0 Å². The van der Waals surface area contributed by atoms with Crippen molar-refractivity contribution in [1.29, 1.82) is 0 Å². The van der Waals surface area contributed by atoms with Crippen molar-refractivity contribution in [3.8, 4) is 11.5 Å². The Morgan fingerprint density at radius 1 is 1.10 bits per heavy atom. The summed E-state index contributed by atoms with van der Waals surface area (Å²) in [5.41, 5.74) is 1.19. The maximum Gasteiger partial charge on any atom is 0.160 e. The summed E-state index contributed by atoms with van der Waals surface area (Å²) in [4.78, 5) is 4.27. The lowest BCUT2D eigenvalue weighted by molar-refractivity contribution is 0.354. The van der Waals surface area contributed by atoms with Crippen molar-refractivity contribution in [2.24, 2.45) is 0 Å². The van der Waals surface area contributed by atoms with E-state index in [1.807, 2.05) is 30.3 Å². The molecular weight excluding hydrogens is 320 g/mol. The molecule has 0 aliphatic carbocycles. The molecule has 0 unspecified atom stereocenters. The second-order valence-corrected chi connectivity index (χ2v) is 5.14. The molecule has 0 fully saturated rings. The Kier molecular flexibility index (Phi) is 5.24. The van der Waals surface area contributed by atoms with E-state index >= 15 is 0 Å². The van der Waals surface area contributed by atoms with Gasteiger partial charge in [-0.15, -0.1) is 0 Å². The lowest BCUT2D eigenvalue weighted by Gasteiger charge is -2.10. The third-order valence-corrected chi connectivity index (χ3v) is 3.36. The molecule has 1 N–H and O–H groups in total. The predicted octanol–water partition coefficient (Wildman–Crippen LogP) is 3.52. The standard InChI is InChI=1S/C15H17BrN2O2/c1-19-13-5-3-11(9-14(13)20-2)7-8-17-15-6-4-12(16)10-18-15/h3-6,9-10H,7-8H2,1-2H3,(H,17,18). The van der Waals surface area contributed by atoms with Gasteiger partial charge in [-0.25, -0.2) is 4.98 Å². The number of benzene rings is 1. The molecular formula is C15H17BrN2O2. The topological polar surface area (TPSA) is 43.4 Å². The molecule has 1 heterocycles. The fraction of sp³-hybridized carbons (Fsp3) is 0.267. The third-order valence-electron chi connectivity index (χ3n) is 2.90. The van der Waals surface area contributed by atoms with Crippen LogP contribution in [-0.2, 0) is 6.42 Å². The van der Waals surface area contributed by atoms with Gasteiger partial charge >= 0.3 is 0 Å². The summed E-state index contributed by atoms with van der Waals surface area (Å²) in [5, 5.41) is 3.28. The molecule has 0 aliphatic heterocycles. The van der Waals surface area contributed by atoms with Crippen LogP contribution in [0.15, 0.2) is 41.0 Å². The minimum atomic E-state index is 0.749. The molecule has 2 aromatic rings. The average Bonchev–Trinajstić information content (AvgIpc) is 2.49. The lowest BCUT2D eigenvalue weighted by Crippen LogP contribution is -2.06. The van der Waals surface area contributed by atoms with E-state index in [0.29, 0.717) is 0 Å². The summed E-state index contributed by atoms with van der Waals surface area (Å²) in [6.07, 6.45) is 2.66. The van der Waals surface area contributed by atoms with E-state index in [2.05, 4.69) is 26.2 Å². The Bertz CT molecular complexity index is 558. The number of pyridine rings is 1. The molecule has 4 nitrogen and oxygen atoms in total. The van der Waals surface area contributed by atoms with Crippen LogP contribution < -0.4 is 14.8 Å². The SMILES string of the molecule is COc1ccc(CCNc2ccc(Br)cn2)cc1OC. The van der Waals surface area contributed by atoms with Crippen molar-refractivity contribution in [1.82, 2.24) is 4.98 Å². The van der Waals surface area contributed by atoms with E-state index in [9.17, 15) is 0 Å². The van der Waals surface area contributed by atoms with E-state index in [0.717, 1.165) is 34.8 Å². The number of rotatable bonds is 6. The normalized spacial score (nSPS) is 10.2. The van der Waals surface area contributed by atoms with Crippen molar-refractivity contribution in [3.63, 3.8) is 0 Å². The van der Waals surface area contributed by atoms with E-state index in [1.165, 1.54) is 5.56 Å². The second-order valence-electron chi connectivity index (χ2n) is 4.23. The average molecular weight is 337 g/mol. The third kappa shape index (κ3) is 3.87. The van der Waals surface area contributed by atoms with Crippen LogP contribution in [0.2, 0.25) is 0 Å². The van der Waals surface area contributed by atoms with Gasteiger partial charge in [0, 0.05) is 17.2 Å². The number of hydrogen-bond acceptors (Lipinski definition) is 4. The largest absolute Gasteiger partial charge is 0.493 e. The highest BCUT2D eigenvalue weighted by Crippen LogP contribution is 2.27. The Morgan fingerprint density at radius 3 is 2.55 bits per heavy atom. The summed E-state index contributed by atoms with van der Waals surface area (Å²) in [6.45, 7) is 0.810. The highest BCUT2D eigenvalue weighted by atomic mass is 79.9. The van der Waals surface area contributed by atoms with Crippen LogP contribution in [0.1, 0.15) is 5.56 Å². The molecule has 0 saturated heterocycles. The summed E-state index contributed by atoms with van der Waals surface area (Å²) in [5.74, 6) is 2.37. The Balaban J connectivity index is 1.92. The van der Waals surface area contributed by atoms with Crippen LogP contribution in [0.25, 0.3) is 0 Å². The van der Waals surface area contributed by atoms with E-state index in [-0.39, 0.29) is 0 Å². The Hall–Kier alpha value is -1.75. The zero-order chi connectivity index (χ0) is 14.4. The maximum absolute atomic E-state index is 5.29. The summed E-state index contributed by atoms with van der Waals surface area (Å²) in [7, 11) is 3.28. The molecule has 1 aromatic heterocycles. The zero-order valence-electron chi connectivity index (χ0n) is 11.5. The quantitative estimate of drug-likeness (QED) is 0.876. The van der Waals surface area contributed by atoms with Gasteiger partial charge in [0.05, 0.1) is 14.2 Å². The first-order valence-electron chi connectivity index (χ1n) is 6.29. The minimum absolute atomic E-state index is 0.749. The molecule has 0 bridgehead atoms. The van der Waals surface area contributed by atoms with Gasteiger partial charge in [0.15, 0.2) is 11.5 Å². The number of halogens is 1. The van der Waals surface area contributed by atoms with Gasteiger partial charge in [-0.1, -0.05) is 6.07 Å². The fourth-order valence-corrected chi connectivity index (χ4v) is 2.09. The minimum Gasteiger partial charge on any atom is -0.493 e. The first kappa shape index (κ1) is 14.7. The summed E-state index contributed by atoms with van der Waals surface area (Å²) >= 11 is 3.36. The van der Waals surface area contributed by atoms with E-state index in [4.69, 9.17) is 9.47 Å². The van der Waals surface area contributed by atoms with Gasteiger partial charge in [-0.2, -0.15) is 0 Å². The molecule has 20 heavy (non-hydrogen) atoms. The predicted molar refractivity (Wildman–Crippen MR) is 83.7 cm³/mol. The van der Waals surface area contributed by atoms with Crippen LogP contribution in [0.5, 0.6) is 11.5 Å². The van der Waals surface area contributed by atoms with Crippen molar-refractivity contribution < 1.29 is 9.47 Å². The van der Waals surface area contributed by atoms with Crippen molar-refractivity contribution in [3.05, 3.63) is 46.6 Å². The number of methoxy groups -OCH3 is 2. The monoisotopic (exact) mass is 336 g/mol. The van der Waals surface area contributed by atoms with Crippen LogP contribution in [0.3, 0.4) is 0 Å². The highest BCUT2D eigenvalue weighted by Gasteiger charge is 2.04. The molecule has 0 amide bonds. The molecule has 2 rings (SSSR count). The zero-order valence-corrected chi connectivity index (χ0v) is 13.1. The van der Waals surface area contributed by atoms with Gasteiger partial charge in [-0.05, 0) is 52.2 Å².